The molecule has 16 heavy (non-hydrogen) atoms. The number of nitriles is 1. The van der Waals surface area contributed by atoms with Gasteiger partial charge in [0, 0.05) is 12.0 Å². The number of aliphatic hydroxyl groups is 1. The molecule has 0 aliphatic rings. The quantitative estimate of drug-likeness (QED) is 0.703. The summed E-state index contributed by atoms with van der Waals surface area (Å²) in [5, 5.41) is 36.0. The molecule has 1 aromatic rings. The summed E-state index contributed by atoms with van der Waals surface area (Å²) < 4.78 is 0. The smallest absolute Gasteiger partial charge is 0.337 e. The van der Waals surface area contributed by atoms with Crippen LogP contribution in [0.25, 0.3) is 0 Å². The number of carboxylic acid groups (broad SMARTS) is 1. The Hall–Kier alpha value is -2.06. The molecule has 5 heteroatoms. The molecule has 5 nitrogen and oxygen atoms in total. The monoisotopic (exact) mass is 221 g/mol. The predicted octanol–water partition coefficient (Wildman–Crippen LogP) is 0.966. The molecule has 1 rings (SSSR count). The Morgan fingerprint density at radius 2 is 2.19 bits per heavy atom. The molecule has 1 atom stereocenters. The Morgan fingerprint density at radius 3 is 2.75 bits per heavy atom. The van der Waals surface area contributed by atoms with E-state index in [4.69, 9.17) is 10.4 Å². The molecule has 0 bridgehead atoms. The highest BCUT2D eigenvalue weighted by Crippen LogP contribution is 2.28. The van der Waals surface area contributed by atoms with Crippen LogP contribution in [-0.2, 0) is 11.2 Å². The van der Waals surface area contributed by atoms with E-state index in [1.165, 1.54) is 6.07 Å². The number of phenolic OH excluding ortho intramolecular Hbond substituents is 1. The molecule has 0 spiro atoms. The lowest BCUT2D eigenvalue weighted by molar-refractivity contribution is -0.147. The van der Waals surface area contributed by atoms with Gasteiger partial charge in [0.1, 0.15) is 5.75 Å². The second-order valence-electron chi connectivity index (χ2n) is 3.25. The largest absolute Gasteiger partial charge is 0.508 e. The lowest BCUT2D eigenvalue weighted by Crippen LogP contribution is -2.13. The van der Waals surface area contributed by atoms with Crippen molar-refractivity contribution in [2.24, 2.45) is 0 Å². The van der Waals surface area contributed by atoms with Crippen molar-refractivity contribution in [3.05, 3.63) is 29.3 Å². The van der Waals surface area contributed by atoms with Crippen LogP contribution in [0.5, 0.6) is 5.75 Å². The van der Waals surface area contributed by atoms with Crippen molar-refractivity contribution in [2.45, 2.75) is 18.9 Å². The minimum atomic E-state index is -1.77. The number of hydrogen-bond acceptors (Lipinski definition) is 4. The van der Waals surface area contributed by atoms with Crippen molar-refractivity contribution < 1.29 is 20.1 Å². The molecule has 1 unspecified atom stereocenters. The molecule has 0 aliphatic carbocycles. The number of carbonyl (C=O) groups is 1. The normalized spacial score (nSPS) is 11.8. The number of aryl methyl sites for hydroxylation is 1. The van der Waals surface area contributed by atoms with Gasteiger partial charge in [0.15, 0.2) is 6.10 Å². The summed E-state index contributed by atoms with van der Waals surface area (Å²) in [7, 11) is 0. The molecule has 0 aromatic heterocycles. The van der Waals surface area contributed by atoms with Crippen molar-refractivity contribution in [1.29, 1.82) is 5.26 Å². The number of benzene rings is 1. The maximum atomic E-state index is 10.7. The molecular formula is C11H11NO4. The van der Waals surface area contributed by atoms with Gasteiger partial charge in [-0.1, -0.05) is 12.1 Å². The van der Waals surface area contributed by atoms with Gasteiger partial charge in [-0.3, -0.25) is 0 Å². The fourth-order valence-corrected chi connectivity index (χ4v) is 1.45. The number of rotatable bonds is 4. The lowest BCUT2D eigenvalue weighted by atomic mass is 9.98. The Labute approximate surface area is 92.2 Å². The predicted molar refractivity (Wildman–Crippen MR) is 54.6 cm³/mol. The van der Waals surface area contributed by atoms with Crippen LogP contribution in [0.1, 0.15) is 23.7 Å². The first-order valence-electron chi connectivity index (χ1n) is 4.66. The number of carboxylic acids is 1. The molecule has 3 N–H and O–H groups in total. The Balaban J connectivity index is 3.13. The van der Waals surface area contributed by atoms with Gasteiger partial charge in [0.05, 0.1) is 6.07 Å². The van der Waals surface area contributed by atoms with Crippen LogP contribution in [-0.4, -0.2) is 21.3 Å². The number of hydrogen-bond donors (Lipinski definition) is 3. The van der Waals surface area contributed by atoms with Gasteiger partial charge < -0.3 is 15.3 Å². The van der Waals surface area contributed by atoms with E-state index in [9.17, 15) is 15.0 Å². The Morgan fingerprint density at radius 1 is 1.50 bits per heavy atom. The van der Waals surface area contributed by atoms with Gasteiger partial charge in [0.2, 0.25) is 0 Å². The third-order valence-electron chi connectivity index (χ3n) is 2.19. The minimum Gasteiger partial charge on any atom is -0.508 e. The van der Waals surface area contributed by atoms with Crippen LogP contribution in [0.4, 0.5) is 0 Å². The first-order valence-corrected chi connectivity index (χ1v) is 4.66. The molecular weight excluding hydrogens is 210 g/mol. The number of aromatic hydroxyl groups is 1. The zero-order valence-electron chi connectivity index (χ0n) is 8.42. The van der Waals surface area contributed by atoms with Gasteiger partial charge >= 0.3 is 5.97 Å². The van der Waals surface area contributed by atoms with Gasteiger partial charge in [-0.2, -0.15) is 5.26 Å². The van der Waals surface area contributed by atoms with Gasteiger partial charge in [0.25, 0.3) is 0 Å². The van der Waals surface area contributed by atoms with Crippen molar-refractivity contribution in [3.8, 4) is 11.8 Å². The molecule has 0 heterocycles. The third kappa shape index (κ3) is 2.49. The van der Waals surface area contributed by atoms with Crippen molar-refractivity contribution in [3.63, 3.8) is 0 Å². The second kappa shape index (κ2) is 5.14. The van der Waals surface area contributed by atoms with E-state index in [2.05, 4.69) is 0 Å². The van der Waals surface area contributed by atoms with Gasteiger partial charge in [-0.25, -0.2) is 4.79 Å². The molecule has 1 aromatic carbocycles. The topological polar surface area (TPSA) is 102 Å². The number of aliphatic carboxylic acids is 1. The molecule has 0 saturated heterocycles. The van der Waals surface area contributed by atoms with Crippen molar-refractivity contribution in [2.75, 3.05) is 0 Å². The summed E-state index contributed by atoms with van der Waals surface area (Å²) in [6, 6.07) is 6.35. The first kappa shape index (κ1) is 12.0. The molecule has 0 aliphatic heterocycles. The summed E-state index contributed by atoms with van der Waals surface area (Å²) in [6.45, 7) is 0. The fraction of sp³-hybridized carbons (Fsp3) is 0.273. The summed E-state index contributed by atoms with van der Waals surface area (Å²) in [5.74, 6) is -1.70. The summed E-state index contributed by atoms with van der Waals surface area (Å²) in [4.78, 5) is 10.7. The van der Waals surface area contributed by atoms with Crippen LogP contribution >= 0.6 is 0 Å². The first-order chi connectivity index (χ1) is 7.57. The zero-order chi connectivity index (χ0) is 12.1. The van der Waals surface area contributed by atoms with Crippen molar-refractivity contribution >= 4 is 5.97 Å². The van der Waals surface area contributed by atoms with Crippen molar-refractivity contribution in [1.82, 2.24) is 0 Å². The Kier molecular flexibility index (Phi) is 3.86. The lowest BCUT2D eigenvalue weighted by Gasteiger charge is -2.13. The van der Waals surface area contributed by atoms with E-state index >= 15 is 0 Å². The van der Waals surface area contributed by atoms with E-state index in [1.807, 2.05) is 6.07 Å². The van der Waals surface area contributed by atoms with E-state index in [0.717, 1.165) is 0 Å². The molecule has 84 valence electrons. The summed E-state index contributed by atoms with van der Waals surface area (Å²) in [5.41, 5.74) is 0.432. The zero-order valence-corrected chi connectivity index (χ0v) is 8.42. The van der Waals surface area contributed by atoms with Crippen LogP contribution < -0.4 is 0 Å². The maximum absolute atomic E-state index is 10.7. The number of phenols is 1. The summed E-state index contributed by atoms with van der Waals surface area (Å²) in [6.07, 6.45) is -1.28. The van der Waals surface area contributed by atoms with Crippen LogP contribution in [0.3, 0.4) is 0 Å². The SMILES string of the molecule is N#CCCc1cccc(O)c1C(O)C(=O)O. The average molecular weight is 221 g/mol. The highest BCUT2D eigenvalue weighted by Gasteiger charge is 2.22. The molecule has 0 amide bonds. The number of aliphatic hydroxyl groups excluding tert-OH is 1. The third-order valence-corrected chi connectivity index (χ3v) is 2.19. The second-order valence-corrected chi connectivity index (χ2v) is 3.25. The van der Waals surface area contributed by atoms with E-state index in [1.54, 1.807) is 12.1 Å². The minimum absolute atomic E-state index is 0.0368. The standard InChI is InChI=1S/C11H11NO4/c12-6-2-4-7-3-1-5-8(13)9(7)10(14)11(15)16/h1,3,5,10,13-14H,2,4H2,(H,15,16). The molecule has 0 saturated carbocycles. The molecule has 0 fully saturated rings. The van der Waals surface area contributed by atoms with Gasteiger partial charge in [-0.05, 0) is 18.1 Å². The highest BCUT2D eigenvalue weighted by molar-refractivity contribution is 5.75. The fourth-order valence-electron chi connectivity index (χ4n) is 1.45. The Bertz CT molecular complexity index is 436. The van der Waals surface area contributed by atoms with E-state index < -0.39 is 12.1 Å². The highest BCUT2D eigenvalue weighted by atomic mass is 16.4. The summed E-state index contributed by atoms with van der Waals surface area (Å²) >= 11 is 0. The van der Waals surface area contributed by atoms with E-state index in [-0.39, 0.29) is 17.7 Å². The van der Waals surface area contributed by atoms with Crippen LogP contribution in [0.15, 0.2) is 18.2 Å². The van der Waals surface area contributed by atoms with Gasteiger partial charge in [-0.15, -0.1) is 0 Å². The average Bonchev–Trinajstić information content (AvgIpc) is 2.25. The van der Waals surface area contributed by atoms with Crippen LogP contribution in [0.2, 0.25) is 0 Å². The maximum Gasteiger partial charge on any atom is 0.337 e. The van der Waals surface area contributed by atoms with Crippen LogP contribution in [0, 0.1) is 11.3 Å². The molecule has 0 radical (unpaired) electrons. The van der Waals surface area contributed by atoms with E-state index in [0.29, 0.717) is 12.0 Å². The number of nitrogens with zero attached hydrogens (tertiary/aromatic N) is 1.